The molecule has 7 nitrogen and oxygen atoms in total. The lowest BCUT2D eigenvalue weighted by molar-refractivity contribution is -0.118. The summed E-state index contributed by atoms with van der Waals surface area (Å²) in [6.45, 7) is 1.60. The number of benzene rings is 2. The number of aromatic nitrogens is 2. The predicted molar refractivity (Wildman–Crippen MR) is 114 cm³/mol. The summed E-state index contributed by atoms with van der Waals surface area (Å²) in [7, 11) is 0. The topological polar surface area (TPSA) is 101 Å². The van der Waals surface area contributed by atoms with Gasteiger partial charge in [0.05, 0.1) is 6.54 Å². The van der Waals surface area contributed by atoms with E-state index in [-0.39, 0.29) is 23.2 Å². The molecule has 0 bridgehead atoms. The molecule has 0 unspecified atom stereocenters. The molecule has 3 N–H and O–H groups in total. The molecule has 2 aromatic carbocycles. The van der Waals surface area contributed by atoms with E-state index in [0.717, 1.165) is 5.56 Å². The Morgan fingerprint density at radius 3 is 2.45 bits per heavy atom. The second-order valence-corrected chi connectivity index (χ2v) is 7.87. The highest BCUT2D eigenvalue weighted by molar-refractivity contribution is 7.13. The van der Waals surface area contributed by atoms with Crippen molar-refractivity contribution in [2.24, 2.45) is 5.73 Å². The SMILES string of the molecule is NC(=O)CCN(Cc1ccccc1)Cc1nnc(C(=O)Nc2ccc(Cl)cc2)s1. The Bertz CT molecular complexity index is 963. The van der Waals surface area contributed by atoms with Gasteiger partial charge in [0.15, 0.2) is 0 Å². The summed E-state index contributed by atoms with van der Waals surface area (Å²) in [6.07, 6.45) is 0.246. The minimum absolute atomic E-state index is 0.246. The molecule has 0 saturated carbocycles. The van der Waals surface area contributed by atoms with Crippen molar-refractivity contribution < 1.29 is 9.59 Å². The van der Waals surface area contributed by atoms with Crippen molar-refractivity contribution in [1.29, 1.82) is 0 Å². The van der Waals surface area contributed by atoms with Crippen molar-refractivity contribution in [3.63, 3.8) is 0 Å². The number of hydrogen-bond donors (Lipinski definition) is 2. The van der Waals surface area contributed by atoms with Gasteiger partial charge < -0.3 is 11.1 Å². The van der Waals surface area contributed by atoms with Crippen LogP contribution in [0.2, 0.25) is 5.02 Å². The van der Waals surface area contributed by atoms with E-state index in [9.17, 15) is 9.59 Å². The fourth-order valence-corrected chi connectivity index (χ4v) is 3.55. The third kappa shape index (κ3) is 6.63. The van der Waals surface area contributed by atoms with Gasteiger partial charge in [0.25, 0.3) is 5.91 Å². The van der Waals surface area contributed by atoms with Crippen LogP contribution in [0, 0.1) is 0 Å². The van der Waals surface area contributed by atoms with Crippen LogP contribution >= 0.6 is 22.9 Å². The average molecular weight is 430 g/mol. The van der Waals surface area contributed by atoms with E-state index >= 15 is 0 Å². The molecule has 0 atom stereocenters. The van der Waals surface area contributed by atoms with Gasteiger partial charge in [-0.15, -0.1) is 10.2 Å². The molecule has 9 heteroatoms. The Hall–Kier alpha value is -2.81. The molecule has 1 aromatic heterocycles. The molecule has 0 aliphatic rings. The number of nitrogens with one attached hydrogen (secondary N) is 1. The maximum Gasteiger partial charge on any atom is 0.286 e. The van der Waals surface area contributed by atoms with Crippen molar-refractivity contribution >= 4 is 40.4 Å². The minimum atomic E-state index is -0.358. The van der Waals surface area contributed by atoms with Gasteiger partial charge in [-0.2, -0.15) is 0 Å². The van der Waals surface area contributed by atoms with Crippen LogP contribution < -0.4 is 11.1 Å². The van der Waals surface area contributed by atoms with E-state index in [0.29, 0.717) is 35.4 Å². The quantitative estimate of drug-likeness (QED) is 0.543. The lowest BCUT2D eigenvalue weighted by Crippen LogP contribution is -2.27. The van der Waals surface area contributed by atoms with E-state index < -0.39 is 0 Å². The fraction of sp³-hybridized carbons (Fsp3) is 0.200. The first-order chi connectivity index (χ1) is 14.0. The van der Waals surface area contributed by atoms with Crippen LogP contribution in [0.3, 0.4) is 0 Å². The number of rotatable bonds is 9. The van der Waals surface area contributed by atoms with Gasteiger partial charge >= 0.3 is 0 Å². The lowest BCUT2D eigenvalue weighted by Gasteiger charge is -2.20. The standard InChI is InChI=1S/C20H20ClN5O2S/c21-15-6-8-16(9-7-15)23-19(28)20-25-24-18(29-20)13-26(11-10-17(22)27)12-14-4-2-1-3-5-14/h1-9H,10-13H2,(H2,22,27)(H,23,28). The van der Waals surface area contributed by atoms with Gasteiger partial charge in [-0.25, -0.2) is 0 Å². The lowest BCUT2D eigenvalue weighted by atomic mass is 10.2. The molecule has 150 valence electrons. The van der Waals surface area contributed by atoms with E-state index in [1.807, 2.05) is 30.3 Å². The van der Waals surface area contributed by atoms with E-state index in [4.69, 9.17) is 17.3 Å². The molecule has 0 radical (unpaired) electrons. The smallest absolute Gasteiger partial charge is 0.286 e. The number of anilines is 1. The highest BCUT2D eigenvalue weighted by Gasteiger charge is 2.16. The van der Waals surface area contributed by atoms with Crippen LogP contribution in [0.15, 0.2) is 54.6 Å². The molecule has 0 saturated heterocycles. The summed E-state index contributed by atoms with van der Waals surface area (Å²) < 4.78 is 0. The molecular formula is C20H20ClN5O2S. The summed E-state index contributed by atoms with van der Waals surface area (Å²) >= 11 is 7.07. The number of nitrogens with zero attached hydrogens (tertiary/aromatic N) is 3. The molecule has 0 aliphatic carbocycles. The molecule has 3 aromatic rings. The first-order valence-corrected chi connectivity index (χ1v) is 10.1. The molecule has 0 spiro atoms. The Balaban J connectivity index is 1.65. The van der Waals surface area contributed by atoms with Crippen LogP contribution in [-0.4, -0.2) is 33.5 Å². The normalized spacial score (nSPS) is 10.8. The number of nitrogens with two attached hydrogens (primary N) is 1. The molecule has 29 heavy (non-hydrogen) atoms. The first-order valence-electron chi connectivity index (χ1n) is 8.93. The number of primary amides is 1. The highest BCUT2D eigenvalue weighted by atomic mass is 35.5. The van der Waals surface area contributed by atoms with Crippen molar-refractivity contribution in [1.82, 2.24) is 15.1 Å². The molecule has 3 rings (SSSR count). The number of halogens is 1. The zero-order valence-corrected chi connectivity index (χ0v) is 17.1. The van der Waals surface area contributed by atoms with Gasteiger partial charge in [-0.1, -0.05) is 53.3 Å². The van der Waals surface area contributed by atoms with Crippen molar-refractivity contribution in [3.8, 4) is 0 Å². The Kier molecular flexibility index (Phi) is 7.29. The van der Waals surface area contributed by atoms with Crippen LogP contribution in [0.1, 0.15) is 26.8 Å². The molecule has 2 amide bonds. The Labute approximate surface area is 177 Å². The zero-order chi connectivity index (χ0) is 20.6. The summed E-state index contributed by atoms with van der Waals surface area (Å²) in [5.41, 5.74) is 7.04. The van der Waals surface area contributed by atoms with Gasteiger partial charge in [0.2, 0.25) is 10.9 Å². The summed E-state index contributed by atoms with van der Waals surface area (Å²) in [6, 6.07) is 16.7. The van der Waals surface area contributed by atoms with Gasteiger partial charge in [-0.3, -0.25) is 14.5 Å². The maximum atomic E-state index is 12.4. The van der Waals surface area contributed by atoms with E-state index in [1.54, 1.807) is 24.3 Å². The number of amides is 2. The first kappa shape index (κ1) is 20.9. The van der Waals surface area contributed by atoms with Crippen LogP contribution in [0.25, 0.3) is 0 Å². The highest BCUT2D eigenvalue weighted by Crippen LogP contribution is 2.18. The maximum absolute atomic E-state index is 12.4. The second-order valence-electron chi connectivity index (χ2n) is 6.37. The fourth-order valence-electron chi connectivity index (χ4n) is 2.64. The molecule has 0 aliphatic heterocycles. The minimum Gasteiger partial charge on any atom is -0.370 e. The molecule has 0 fully saturated rings. The van der Waals surface area contributed by atoms with Crippen molar-refractivity contribution in [3.05, 3.63) is 75.2 Å². The molecular weight excluding hydrogens is 410 g/mol. The van der Waals surface area contributed by atoms with Crippen LogP contribution in [-0.2, 0) is 17.9 Å². The van der Waals surface area contributed by atoms with Gasteiger partial charge in [0, 0.05) is 30.2 Å². The summed E-state index contributed by atoms with van der Waals surface area (Å²) in [5, 5.41) is 12.4. The van der Waals surface area contributed by atoms with Crippen molar-refractivity contribution in [2.45, 2.75) is 19.5 Å². The number of carbonyl (C=O) groups is 2. The molecule has 1 heterocycles. The van der Waals surface area contributed by atoms with Crippen LogP contribution in [0.5, 0.6) is 0 Å². The van der Waals surface area contributed by atoms with Gasteiger partial charge in [-0.05, 0) is 29.8 Å². The monoisotopic (exact) mass is 429 g/mol. The van der Waals surface area contributed by atoms with E-state index in [2.05, 4.69) is 20.4 Å². The average Bonchev–Trinajstić information content (AvgIpc) is 3.17. The van der Waals surface area contributed by atoms with Gasteiger partial charge in [0.1, 0.15) is 5.01 Å². The van der Waals surface area contributed by atoms with Crippen molar-refractivity contribution in [2.75, 3.05) is 11.9 Å². The van der Waals surface area contributed by atoms with E-state index in [1.165, 1.54) is 11.3 Å². The van der Waals surface area contributed by atoms with Crippen LogP contribution in [0.4, 0.5) is 5.69 Å². The largest absolute Gasteiger partial charge is 0.370 e. The third-order valence-electron chi connectivity index (χ3n) is 4.05. The third-order valence-corrected chi connectivity index (χ3v) is 5.20. The zero-order valence-electron chi connectivity index (χ0n) is 15.5. The Morgan fingerprint density at radius 2 is 1.76 bits per heavy atom. The predicted octanol–water partition coefficient (Wildman–Crippen LogP) is 3.32. The number of carbonyl (C=O) groups excluding carboxylic acids is 2. The number of hydrogen-bond acceptors (Lipinski definition) is 6. The second kappa shape index (κ2) is 10.1. The summed E-state index contributed by atoms with van der Waals surface area (Å²) in [4.78, 5) is 25.7. The Morgan fingerprint density at radius 1 is 1.03 bits per heavy atom. The summed E-state index contributed by atoms with van der Waals surface area (Å²) in [5.74, 6) is -0.689.